The smallest absolute Gasteiger partial charge is 0.330 e. The van der Waals surface area contributed by atoms with Crippen LogP contribution >= 0.6 is 0 Å². The highest BCUT2D eigenvalue weighted by Gasteiger charge is 1.92. The van der Waals surface area contributed by atoms with Crippen LogP contribution in [0, 0.1) is 0 Å². The topological polar surface area (TPSA) is 26.3 Å². The van der Waals surface area contributed by atoms with Crippen LogP contribution in [0.2, 0.25) is 0 Å². The van der Waals surface area contributed by atoms with Crippen LogP contribution in [0.5, 0.6) is 0 Å². The largest absolute Gasteiger partial charge is 0.466 e. The number of carbonyl (C=O) groups is 1. The van der Waals surface area contributed by atoms with E-state index >= 15 is 0 Å². The first-order valence-electron chi connectivity index (χ1n) is 10.7. The molecule has 152 valence electrons. The monoisotopic (exact) mass is 372 g/mol. The SMILES string of the molecule is CCCCCCCCCCCCC/C=C/C=C/C=C/C=C/C=C/C(=O)OC. The normalized spacial score (nSPS) is 12.5. The van der Waals surface area contributed by atoms with Crippen LogP contribution in [0.3, 0.4) is 0 Å². The predicted octanol–water partition coefficient (Wildman–Crippen LogP) is 7.64. The van der Waals surface area contributed by atoms with Crippen molar-refractivity contribution in [3.8, 4) is 0 Å². The van der Waals surface area contributed by atoms with Crippen LogP contribution in [0.25, 0.3) is 0 Å². The lowest BCUT2D eigenvalue weighted by Crippen LogP contribution is -1.92. The minimum atomic E-state index is -0.341. The molecule has 0 aliphatic carbocycles. The summed E-state index contributed by atoms with van der Waals surface area (Å²) < 4.78 is 4.50. The highest BCUT2D eigenvalue weighted by Crippen LogP contribution is 2.11. The van der Waals surface area contributed by atoms with E-state index in [-0.39, 0.29) is 5.97 Å². The van der Waals surface area contributed by atoms with Gasteiger partial charge in [-0.3, -0.25) is 0 Å². The molecule has 0 N–H and O–H groups in total. The number of unbranched alkanes of at least 4 members (excludes halogenated alkanes) is 11. The first-order chi connectivity index (χ1) is 13.3. The zero-order valence-electron chi connectivity index (χ0n) is 17.6. The van der Waals surface area contributed by atoms with Crippen LogP contribution in [-0.4, -0.2) is 13.1 Å². The number of hydrogen-bond acceptors (Lipinski definition) is 2. The Balaban J connectivity index is 3.43. The zero-order valence-corrected chi connectivity index (χ0v) is 17.6. The Morgan fingerprint density at radius 3 is 1.59 bits per heavy atom. The molecule has 0 amide bonds. The fourth-order valence-corrected chi connectivity index (χ4v) is 2.69. The average Bonchev–Trinajstić information content (AvgIpc) is 2.68. The summed E-state index contributed by atoms with van der Waals surface area (Å²) in [5, 5.41) is 0. The van der Waals surface area contributed by atoms with E-state index in [1.165, 1.54) is 90.2 Å². The third-order valence-electron chi connectivity index (χ3n) is 4.32. The Labute approximate surface area is 167 Å². The third kappa shape index (κ3) is 22.1. The third-order valence-corrected chi connectivity index (χ3v) is 4.32. The summed E-state index contributed by atoms with van der Waals surface area (Å²) in [4.78, 5) is 10.8. The standard InChI is InChI=1S/C25H40O2/c1-3-4-5-6-7-8-9-10-11-12-13-14-15-16-17-18-19-20-21-22-23-24-25(26)27-2/h15-24H,3-14H2,1-2H3/b16-15+,18-17+,20-19+,22-21+,24-23+. The van der Waals surface area contributed by atoms with Gasteiger partial charge in [-0.1, -0.05) is 126 Å². The Morgan fingerprint density at radius 2 is 1.07 bits per heavy atom. The van der Waals surface area contributed by atoms with Crippen molar-refractivity contribution >= 4 is 5.97 Å². The van der Waals surface area contributed by atoms with Gasteiger partial charge in [0.1, 0.15) is 0 Å². The van der Waals surface area contributed by atoms with Crippen molar-refractivity contribution in [2.45, 2.75) is 84.0 Å². The Morgan fingerprint density at radius 1 is 0.630 bits per heavy atom. The molecule has 0 fully saturated rings. The first kappa shape index (κ1) is 25.2. The van der Waals surface area contributed by atoms with E-state index in [9.17, 15) is 4.79 Å². The molecule has 0 rings (SSSR count). The van der Waals surface area contributed by atoms with E-state index in [0.29, 0.717) is 0 Å². The fraction of sp³-hybridized carbons (Fsp3) is 0.560. The molecule has 0 saturated heterocycles. The Hall–Kier alpha value is -1.83. The Kier molecular flexibility index (Phi) is 20.7. The molecule has 0 saturated carbocycles. The van der Waals surface area contributed by atoms with Crippen molar-refractivity contribution in [3.05, 3.63) is 60.8 Å². The van der Waals surface area contributed by atoms with Gasteiger partial charge in [-0.25, -0.2) is 4.79 Å². The lowest BCUT2D eigenvalue weighted by Gasteiger charge is -2.01. The first-order valence-corrected chi connectivity index (χ1v) is 10.7. The molecule has 0 aromatic heterocycles. The molecular formula is C25H40O2. The summed E-state index contributed by atoms with van der Waals surface area (Å²) in [6.45, 7) is 2.28. The van der Waals surface area contributed by atoms with Gasteiger partial charge in [0, 0.05) is 6.08 Å². The maximum Gasteiger partial charge on any atom is 0.330 e. The lowest BCUT2D eigenvalue weighted by molar-refractivity contribution is -0.134. The Bertz CT molecular complexity index is 467. The zero-order chi connectivity index (χ0) is 19.8. The molecule has 0 aromatic rings. The molecule has 2 heteroatoms. The molecule has 0 atom stereocenters. The molecule has 0 aliphatic rings. The maximum absolute atomic E-state index is 10.8. The minimum absolute atomic E-state index is 0.341. The average molecular weight is 373 g/mol. The van der Waals surface area contributed by atoms with Crippen LogP contribution in [0.1, 0.15) is 84.0 Å². The van der Waals surface area contributed by atoms with E-state index in [4.69, 9.17) is 0 Å². The molecule has 0 heterocycles. The molecule has 0 unspecified atom stereocenters. The summed E-state index contributed by atoms with van der Waals surface area (Å²) in [6, 6.07) is 0. The number of ether oxygens (including phenoxy) is 1. The molecule has 0 aromatic carbocycles. The fourth-order valence-electron chi connectivity index (χ4n) is 2.69. The summed E-state index contributed by atoms with van der Waals surface area (Å²) in [5.74, 6) is -0.341. The number of carbonyl (C=O) groups excluding carboxylic acids is 1. The number of allylic oxidation sites excluding steroid dienone is 9. The summed E-state index contributed by atoms with van der Waals surface area (Å²) in [6.07, 6.45) is 35.5. The van der Waals surface area contributed by atoms with Gasteiger partial charge in [-0.05, 0) is 12.8 Å². The highest BCUT2D eigenvalue weighted by atomic mass is 16.5. The van der Waals surface area contributed by atoms with E-state index in [1.807, 2.05) is 30.4 Å². The van der Waals surface area contributed by atoms with Gasteiger partial charge >= 0.3 is 5.97 Å². The predicted molar refractivity (Wildman–Crippen MR) is 119 cm³/mol. The van der Waals surface area contributed by atoms with Gasteiger partial charge in [0.2, 0.25) is 0 Å². The van der Waals surface area contributed by atoms with Gasteiger partial charge in [0.05, 0.1) is 7.11 Å². The molecule has 0 aliphatic heterocycles. The second-order valence-corrected chi connectivity index (χ2v) is 6.79. The van der Waals surface area contributed by atoms with Crippen LogP contribution in [-0.2, 0) is 9.53 Å². The van der Waals surface area contributed by atoms with Crippen LogP contribution in [0.4, 0.5) is 0 Å². The van der Waals surface area contributed by atoms with Crippen molar-refractivity contribution in [2.24, 2.45) is 0 Å². The van der Waals surface area contributed by atoms with E-state index in [2.05, 4.69) is 23.8 Å². The van der Waals surface area contributed by atoms with Crippen molar-refractivity contribution in [1.82, 2.24) is 0 Å². The lowest BCUT2D eigenvalue weighted by atomic mass is 10.1. The van der Waals surface area contributed by atoms with Crippen molar-refractivity contribution in [2.75, 3.05) is 7.11 Å². The van der Waals surface area contributed by atoms with Crippen molar-refractivity contribution in [1.29, 1.82) is 0 Å². The molecule has 27 heavy (non-hydrogen) atoms. The van der Waals surface area contributed by atoms with Gasteiger partial charge in [0.15, 0.2) is 0 Å². The van der Waals surface area contributed by atoms with Crippen LogP contribution < -0.4 is 0 Å². The summed E-state index contributed by atoms with van der Waals surface area (Å²) in [5.41, 5.74) is 0. The summed E-state index contributed by atoms with van der Waals surface area (Å²) >= 11 is 0. The summed E-state index contributed by atoms with van der Waals surface area (Å²) in [7, 11) is 1.37. The van der Waals surface area contributed by atoms with Crippen molar-refractivity contribution in [3.63, 3.8) is 0 Å². The van der Waals surface area contributed by atoms with Gasteiger partial charge < -0.3 is 4.74 Å². The van der Waals surface area contributed by atoms with Gasteiger partial charge in [-0.2, -0.15) is 0 Å². The second kappa shape index (κ2) is 22.2. The number of esters is 1. The van der Waals surface area contributed by atoms with E-state index < -0.39 is 0 Å². The number of hydrogen-bond donors (Lipinski definition) is 0. The molecule has 0 spiro atoms. The van der Waals surface area contributed by atoms with Crippen LogP contribution in [0.15, 0.2) is 60.8 Å². The van der Waals surface area contributed by atoms with E-state index in [1.54, 1.807) is 12.2 Å². The van der Waals surface area contributed by atoms with Gasteiger partial charge in [0.25, 0.3) is 0 Å². The van der Waals surface area contributed by atoms with E-state index in [0.717, 1.165) is 0 Å². The quantitative estimate of drug-likeness (QED) is 0.113. The van der Waals surface area contributed by atoms with Crippen molar-refractivity contribution < 1.29 is 9.53 Å². The molecule has 0 bridgehead atoms. The number of rotatable bonds is 17. The molecule has 2 nitrogen and oxygen atoms in total. The second-order valence-electron chi connectivity index (χ2n) is 6.79. The number of methoxy groups -OCH3 is 1. The van der Waals surface area contributed by atoms with Gasteiger partial charge in [-0.15, -0.1) is 0 Å². The highest BCUT2D eigenvalue weighted by molar-refractivity contribution is 5.82. The molecule has 0 radical (unpaired) electrons. The molecular weight excluding hydrogens is 332 g/mol. The minimum Gasteiger partial charge on any atom is -0.466 e. The maximum atomic E-state index is 10.8.